The Morgan fingerprint density at radius 1 is 1.11 bits per heavy atom. The first-order chi connectivity index (χ1) is 9.06. The van der Waals surface area contributed by atoms with Crippen LogP contribution in [-0.2, 0) is 9.59 Å². The maximum absolute atomic E-state index is 12.2. The number of nitrogens with zero attached hydrogens (tertiary/aromatic N) is 2. The van der Waals surface area contributed by atoms with E-state index in [1.54, 1.807) is 4.90 Å². The lowest BCUT2D eigenvalue weighted by Crippen LogP contribution is -2.50. The molecule has 2 saturated heterocycles. The van der Waals surface area contributed by atoms with E-state index < -0.39 is 0 Å². The molecule has 2 rings (SSSR count). The first-order valence-corrected chi connectivity index (χ1v) is 7.11. The molecule has 0 aliphatic carbocycles. The van der Waals surface area contributed by atoms with Gasteiger partial charge in [0.15, 0.2) is 0 Å². The van der Waals surface area contributed by atoms with E-state index in [1.165, 1.54) is 0 Å². The molecular weight excluding hydrogens is 244 g/mol. The Morgan fingerprint density at radius 2 is 1.84 bits per heavy atom. The van der Waals surface area contributed by atoms with Gasteiger partial charge in [-0.2, -0.15) is 0 Å². The van der Waals surface area contributed by atoms with Gasteiger partial charge in [0.2, 0.25) is 11.8 Å². The van der Waals surface area contributed by atoms with Gasteiger partial charge in [0.1, 0.15) is 0 Å². The van der Waals surface area contributed by atoms with E-state index in [-0.39, 0.29) is 23.8 Å². The Morgan fingerprint density at radius 3 is 2.53 bits per heavy atom. The summed E-state index contributed by atoms with van der Waals surface area (Å²) >= 11 is 0. The van der Waals surface area contributed by atoms with Crippen LogP contribution in [0.3, 0.4) is 0 Å². The van der Waals surface area contributed by atoms with Crippen molar-refractivity contribution in [1.82, 2.24) is 9.80 Å². The highest BCUT2D eigenvalue weighted by Crippen LogP contribution is 2.17. The summed E-state index contributed by atoms with van der Waals surface area (Å²) in [6, 6.07) is 0.182. The van der Waals surface area contributed by atoms with Crippen LogP contribution in [0.25, 0.3) is 0 Å². The number of rotatable bonds is 3. The molecule has 0 saturated carbocycles. The highest BCUT2D eigenvalue weighted by atomic mass is 16.2. The van der Waals surface area contributed by atoms with Gasteiger partial charge in [0.25, 0.3) is 0 Å². The molecule has 2 heterocycles. The van der Waals surface area contributed by atoms with Crippen LogP contribution in [0.1, 0.15) is 25.7 Å². The zero-order valence-electron chi connectivity index (χ0n) is 11.4. The fourth-order valence-electron chi connectivity index (χ4n) is 2.96. The monoisotopic (exact) mass is 268 g/mol. The minimum Gasteiger partial charge on any atom is -0.369 e. The fourth-order valence-corrected chi connectivity index (χ4v) is 2.96. The minimum absolute atomic E-state index is 0.0973. The number of carbonyl (C=O) groups excluding carboxylic acids is 2. The van der Waals surface area contributed by atoms with Crippen molar-refractivity contribution in [2.45, 2.75) is 31.7 Å². The van der Waals surface area contributed by atoms with Crippen molar-refractivity contribution >= 4 is 11.8 Å². The van der Waals surface area contributed by atoms with Crippen molar-refractivity contribution in [3.05, 3.63) is 0 Å². The van der Waals surface area contributed by atoms with Gasteiger partial charge in [0.05, 0.1) is 12.5 Å². The third kappa shape index (κ3) is 3.91. The van der Waals surface area contributed by atoms with E-state index in [1.807, 2.05) is 0 Å². The molecule has 108 valence electrons. The largest absolute Gasteiger partial charge is 0.369 e. The second-order valence-corrected chi connectivity index (χ2v) is 5.72. The summed E-state index contributed by atoms with van der Waals surface area (Å²) in [7, 11) is 0. The predicted molar refractivity (Wildman–Crippen MR) is 72.1 cm³/mol. The summed E-state index contributed by atoms with van der Waals surface area (Å²) in [6.07, 6.45) is 3.75. The van der Waals surface area contributed by atoms with Gasteiger partial charge in [-0.05, 0) is 32.2 Å². The molecule has 2 aliphatic rings. The number of carbonyl (C=O) groups is 2. The summed E-state index contributed by atoms with van der Waals surface area (Å²) in [5.74, 6) is -0.376. The molecule has 4 N–H and O–H groups in total. The van der Waals surface area contributed by atoms with Gasteiger partial charge in [0, 0.05) is 25.7 Å². The average molecular weight is 268 g/mol. The molecule has 0 aromatic heterocycles. The molecule has 19 heavy (non-hydrogen) atoms. The molecule has 2 unspecified atom stereocenters. The van der Waals surface area contributed by atoms with Gasteiger partial charge >= 0.3 is 0 Å². The fraction of sp³-hybridized carbons (Fsp3) is 0.846. The van der Waals surface area contributed by atoms with Gasteiger partial charge in [-0.1, -0.05) is 0 Å². The molecule has 0 aromatic carbocycles. The Bertz CT molecular complexity index is 348. The van der Waals surface area contributed by atoms with Crippen LogP contribution in [0.5, 0.6) is 0 Å². The standard InChI is InChI=1S/C13H24N4O2/c14-11-4-2-5-16(8-11)9-12(18)17-6-1-3-10(7-17)13(15)19/h10-11H,1-9,14H2,(H2,15,19). The van der Waals surface area contributed by atoms with Crippen molar-refractivity contribution in [1.29, 1.82) is 0 Å². The summed E-state index contributed by atoms with van der Waals surface area (Å²) in [4.78, 5) is 27.3. The predicted octanol–water partition coefficient (Wildman–Crippen LogP) is -0.867. The van der Waals surface area contributed by atoms with Crippen molar-refractivity contribution in [3.8, 4) is 0 Å². The van der Waals surface area contributed by atoms with E-state index in [4.69, 9.17) is 11.5 Å². The second-order valence-electron chi connectivity index (χ2n) is 5.72. The first kappa shape index (κ1) is 14.3. The quantitative estimate of drug-likeness (QED) is 0.696. The maximum Gasteiger partial charge on any atom is 0.236 e. The Labute approximate surface area is 114 Å². The average Bonchev–Trinajstić information content (AvgIpc) is 2.39. The van der Waals surface area contributed by atoms with Crippen LogP contribution in [0, 0.1) is 5.92 Å². The highest BCUT2D eigenvalue weighted by molar-refractivity contribution is 5.81. The molecule has 0 radical (unpaired) electrons. The highest BCUT2D eigenvalue weighted by Gasteiger charge is 2.28. The molecule has 6 heteroatoms. The van der Waals surface area contributed by atoms with E-state index in [2.05, 4.69) is 4.90 Å². The van der Waals surface area contributed by atoms with Gasteiger partial charge in [-0.3, -0.25) is 14.5 Å². The molecule has 2 fully saturated rings. The van der Waals surface area contributed by atoms with Crippen LogP contribution < -0.4 is 11.5 Å². The maximum atomic E-state index is 12.2. The summed E-state index contributed by atoms with van der Waals surface area (Å²) < 4.78 is 0. The lowest BCUT2D eigenvalue weighted by atomic mass is 9.97. The van der Waals surface area contributed by atoms with Crippen molar-refractivity contribution in [2.24, 2.45) is 17.4 Å². The number of amides is 2. The van der Waals surface area contributed by atoms with Crippen LogP contribution in [0.2, 0.25) is 0 Å². The number of nitrogens with two attached hydrogens (primary N) is 2. The van der Waals surface area contributed by atoms with Crippen LogP contribution in [0.15, 0.2) is 0 Å². The molecule has 2 atom stereocenters. The third-order valence-electron chi connectivity index (χ3n) is 4.08. The SMILES string of the molecule is NC(=O)C1CCCN(C(=O)CN2CCCC(N)C2)C1. The number of piperidine rings is 2. The smallest absolute Gasteiger partial charge is 0.236 e. The van der Waals surface area contributed by atoms with Crippen LogP contribution in [0.4, 0.5) is 0 Å². The summed E-state index contributed by atoms with van der Waals surface area (Å²) in [5.41, 5.74) is 11.2. The zero-order chi connectivity index (χ0) is 13.8. The Kier molecular flexibility index (Phi) is 4.76. The topological polar surface area (TPSA) is 92.7 Å². The molecule has 6 nitrogen and oxygen atoms in total. The molecule has 2 amide bonds. The first-order valence-electron chi connectivity index (χ1n) is 7.11. The van der Waals surface area contributed by atoms with Gasteiger partial charge in [-0.25, -0.2) is 0 Å². The molecule has 0 spiro atoms. The molecule has 2 aliphatic heterocycles. The van der Waals surface area contributed by atoms with Crippen LogP contribution >= 0.6 is 0 Å². The molecule has 0 bridgehead atoms. The normalized spacial score (nSPS) is 29.2. The summed E-state index contributed by atoms with van der Waals surface area (Å²) in [6.45, 7) is 3.36. The second kappa shape index (κ2) is 6.34. The van der Waals surface area contributed by atoms with Gasteiger partial charge in [-0.15, -0.1) is 0 Å². The number of hydrogen-bond acceptors (Lipinski definition) is 4. The summed E-state index contributed by atoms with van der Waals surface area (Å²) in [5, 5.41) is 0. The number of likely N-dealkylation sites (tertiary alicyclic amines) is 2. The lowest BCUT2D eigenvalue weighted by Gasteiger charge is -2.35. The zero-order valence-corrected chi connectivity index (χ0v) is 11.4. The van der Waals surface area contributed by atoms with Crippen LogP contribution in [-0.4, -0.2) is 60.4 Å². The molecular formula is C13H24N4O2. The van der Waals surface area contributed by atoms with E-state index in [0.29, 0.717) is 13.1 Å². The third-order valence-corrected chi connectivity index (χ3v) is 4.08. The Balaban J connectivity index is 1.83. The minimum atomic E-state index is -0.294. The number of hydrogen-bond donors (Lipinski definition) is 2. The van der Waals surface area contributed by atoms with E-state index >= 15 is 0 Å². The number of primary amides is 1. The Hall–Kier alpha value is -1.14. The van der Waals surface area contributed by atoms with E-state index in [9.17, 15) is 9.59 Å². The van der Waals surface area contributed by atoms with Crippen molar-refractivity contribution in [3.63, 3.8) is 0 Å². The van der Waals surface area contributed by atoms with Crippen molar-refractivity contribution < 1.29 is 9.59 Å². The van der Waals surface area contributed by atoms with Crippen molar-refractivity contribution in [2.75, 3.05) is 32.7 Å². The van der Waals surface area contributed by atoms with Gasteiger partial charge < -0.3 is 16.4 Å². The molecule has 0 aromatic rings. The lowest BCUT2D eigenvalue weighted by molar-refractivity contribution is -0.136. The van der Waals surface area contributed by atoms with E-state index in [0.717, 1.165) is 45.3 Å².